The fraction of sp³-hybridized carbons (Fsp3) is 0.250. The number of hydrogen-bond donors (Lipinski definition) is 0. The Morgan fingerprint density at radius 3 is 2.19 bits per heavy atom. The van der Waals surface area contributed by atoms with Crippen LogP contribution in [0.2, 0.25) is 0 Å². The molecule has 0 fully saturated rings. The summed E-state index contributed by atoms with van der Waals surface area (Å²) in [4.78, 5) is -0.353. The Kier molecular flexibility index (Phi) is 5.07. The molecule has 3 nitrogen and oxygen atoms in total. The lowest BCUT2D eigenvalue weighted by Crippen LogP contribution is -2.01. The molecule has 0 heterocycles. The monoisotopic (exact) mass is 354 g/mol. The molecular weight excluding hydrogens is 339 g/mol. The van der Waals surface area contributed by atoms with Crippen molar-refractivity contribution in [2.75, 3.05) is 21.3 Å². The third-order valence-electron chi connectivity index (χ3n) is 3.19. The molecule has 0 aliphatic carbocycles. The fourth-order valence-electron chi connectivity index (χ4n) is 2.12. The van der Waals surface area contributed by atoms with E-state index >= 15 is 0 Å². The number of ether oxygens (including phenoxy) is 3. The van der Waals surface area contributed by atoms with Gasteiger partial charge in [0, 0.05) is 5.56 Å². The minimum atomic E-state index is -0.353. The molecule has 2 aromatic carbocycles. The SMILES string of the molecule is COc1ccc(C(Br)c2c(F)cccc2OC)cc1OC. The zero-order valence-electron chi connectivity index (χ0n) is 12.0. The van der Waals surface area contributed by atoms with E-state index < -0.39 is 0 Å². The van der Waals surface area contributed by atoms with E-state index in [-0.39, 0.29) is 10.6 Å². The van der Waals surface area contributed by atoms with Crippen molar-refractivity contribution in [1.82, 2.24) is 0 Å². The number of hydrogen-bond acceptors (Lipinski definition) is 3. The molecule has 0 aromatic heterocycles. The molecule has 0 bridgehead atoms. The maximum Gasteiger partial charge on any atom is 0.161 e. The molecular formula is C16H16BrFO3. The first-order chi connectivity index (χ1) is 10.1. The molecule has 0 saturated heterocycles. The Balaban J connectivity index is 2.47. The third kappa shape index (κ3) is 3.13. The lowest BCUT2D eigenvalue weighted by atomic mass is 10.0. The summed E-state index contributed by atoms with van der Waals surface area (Å²) < 4.78 is 29.9. The van der Waals surface area contributed by atoms with Gasteiger partial charge in [-0.05, 0) is 29.8 Å². The van der Waals surface area contributed by atoms with Crippen molar-refractivity contribution in [2.24, 2.45) is 0 Å². The van der Waals surface area contributed by atoms with E-state index in [0.717, 1.165) is 5.56 Å². The van der Waals surface area contributed by atoms with Crippen molar-refractivity contribution >= 4 is 15.9 Å². The van der Waals surface area contributed by atoms with Gasteiger partial charge in [-0.1, -0.05) is 28.1 Å². The first-order valence-electron chi connectivity index (χ1n) is 6.30. The first-order valence-corrected chi connectivity index (χ1v) is 7.22. The molecule has 0 aliphatic heterocycles. The van der Waals surface area contributed by atoms with Gasteiger partial charge in [0.25, 0.3) is 0 Å². The highest BCUT2D eigenvalue weighted by molar-refractivity contribution is 9.09. The molecule has 0 radical (unpaired) electrons. The van der Waals surface area contributed by atoms with Crippen molar-refractivity contribution in [1.29, 1.82) is 0 Å². The van der Waals surface area contributed by atoms with E-state index in [2.05, 4.69) is 15.9 Å². The molecule has 5 heteroatoms. The van der Waals surface area contributed by atoms with Crippen molar-refractivity contribution in [2.45, 2.75) is 4.83 Å². The van der Waals surface area contributed by atoms with Crippen molar-refractivity contribution < 1.29 is 18.6 Å². The van der Waals surface area contributed by atoms with E-state index in [0.29, 0.717) is 22.8 Å². The zero-order chi connectivity index (χ0) is 15.4. The molecule has 0 N–H and O–H groups in total. The summed E-state index contributed by atoms with van der Waals surface area (Å²) in [7, 11) is 4.66. The average Bonchev–Trinajstić information content (AvgIpc) is 2.53. The van der Waals surface area contributed by atoms with Gasteiger partial charge in [-0.15, -0.1) is 0 Å². The second kappa shape index (κ2) is 6.80. The number of benzene rings is 2. The summed E-state index contributed by atoms with van der Waals surface area (Å²) in [5, 5.41) is 0. The zero-order valence-corrected chi connectivity index (χ0v) is 13.6. The predicted molar refractivity (Wildman–Crippen MR) is 83.3 cm³/mol. The van der Waals surface area contributed by atoms with E-state index in [1.54, 1.807) is 32.4 Å². The topological polar surface area (TPSA) is 27.7 Å². The van der Waals surface area contributed by atoms with Gasteiger partial charge in [0.15, 0.2) is 11.5 Å². The van der Waals surface area contributed by atoms with Crippen LogP contribution in [0.4, 0.5) is 4.39 Å². The van der Waals surface area contributed by atoms with Gasteiger partial charge >= 0.3 is 0 Å². The van der Waals surface area contributed by atoms with Gasteiger partial charge in [0.05, 0.1) is 26.2 Å². The van der Waals surface area contributed by atoms with Gasteiger partial charge in [0.2, 0.25) is 0 Å². The van der Waals surface area contributed by atoms with Crippen LogP contribution in [0.1, 0.15) is 16.0 Å². The Bertz CT molecular complexity index is 631. The molecule has 1 atom stereocenters. The fourth-order valence-corrected chi connectivity index (χ4v) is 2.85. The van der Waals surface area contributed by atoms with Crippen LogP contribution in [0.5, 0.6) is 17.2 Å². The van der Waals surface area contributed by atoms with Crippen LogP contribution in [0, 0.1) is 5.82 Å². The van der Waals surface area contributed by atoms with Crippen molar-refractivity contribution in [3.05, 3.63) is 53.3 Å². The summed E-state index contributed by atoms with van der Waals surface area (Å²) in [5.41, 5.74) is 1.29. The quantitative estimate of drug-likeness (QED) is 0.747. The number of rotatable bonds is 5. The Morgan fingerprint density at radius 1 is 0.905 bits per heavy atom. The van der Waals surface area contributed by atoms with Gasteiger partial charge in [0.1, 0.15) is 11.6 Å². The van der Waals surface area contributed by atoms with Crippen molar-refractivity contribution in [3.63, 3.8) is 0 Å². The van der Waals surface area contributed by atoms with Crippen LogP contribution in [0.25, 0.3) is 0 Å². The molecule has 0 saturated carbocycles. The van der Waals surface area contributed by atoms with Crippen LogP contribution >= 0.6 is 15.9 Å². The number of methoxy groups -OCH3 is 3. The number of halogens is 2. The van der Waals surface area contributed by atoms with Crippen LogP contribution < -0.4 is 14.2 Å². The third-order valence-corrected chi connectivity index (χ3v) is 4.17. The molecule has 2 aromatic rings. The molecule has 2 rings (SSSR count). The van der Waals surface area contributed by atoms with E-state index in [4.69, 9.17) is 14.2 Å². The smallest absolute Gasteiger partial charge is 0.161 e. The molecule has 1 unspecified atom stereocenters. The standard InChI is InChI=1S/C16H16BrFO3/c1-19-12-8-7-10(9-14(12)21-3)16(17)15-11(18)5-4-6-13(15)20-2/h4-9,16H,1-3H3. The highest BCUT2D eigenvalue weighted by atomic mass is 79.9. The van der Waals surface area contributed by atoms with Gasteiger partial charge < -0.3 is 14.2 Å². The van der Waals surface area contributed by atoms with Crippen LogP contribution in [0.3, 0.4) is 0 Å². The maximum atomic E-state index is 14.1. The lowest BCUT2D eigenvalue weighted by molar-refractivity contribution is 0.354. The molecule has 0 spiro atoms. The first kappa shape index (κ1) is 15.6. The summed E-state index contributed by atoms with van der Waals surface area (Å²) in [6.07, 6.45) is 0. The molecule has 21 heavy (non-hydrogen) atoms. The number of alkyl halides is 1. The van der Waals surface area contributed by atoms with Crippen molar-refractivity contribution in [3.8, 4) is 17.2 Å². The molecule has 0 amide bonds. The molecule has 112 valence electrons. The van der Waals surface area contributed by atoms with Crippen LogP contribution in [-0.4, -0.2) is 21.3 Å². The van der Waals surface area contributed by atoms with Gasteiger partial charge in [-0.3, -0.25) is 0 Å². The Labute approximate surface area is 131 Å². The van der Waals surface area contributed by atoms with E-state index in [1.807, 2.05) is 12.1 Å². The maximum absolute atomic E-state index is 14.1. The van der Waals surface area contributed by atoms with Gasteiger partial charge in [-0.25, -0.2) is 4.39 Å². The average molecular weight is 355 g/mol. The summed E-state index contributed by atoms with van der Waals surface area (Å²) in [6, 6.07) is 10.2. The Morgan fingerprint density at radius 2 is 1.57 bits per heavy atom. The summed E-state index contributed by atoms with van der Waals surface area (Å²) in [5.74, 6) is 1.38. The second-order valence-corrected chi connectivity index (χ2v) is 5.25. The summed E-state index contributed by atoms with van der Waals surface area (Å²) in [6.45, 7) is 0. The van der Waals surface area contributed by atoms with Gasteiger partial charge in [-0.2, -0.15) is 0 Å². The second-order valence-electron chi connectivity index (χ2n) is 4.33. The Hall–Kier alpha value is -1.75. The normalized spacial score (nSPS) is 11.9. The van der Waals surface area contributed by atoms with E-state index in [1.165, 1.54) is 13.2 Å². The van der Waals surface area contributed by atoms with E-state index in [9.17, 15) is 4.39 Å². The summed E-state index contributed by atoms with van der Waals surface area (Å²) >= 11 is 3.53. The minimum absolute atomic E-state index is 0.328. The minimum Gasteiger partial charge on any atom is -0.496 e. The highest BCUT2D eigenvalue weighted by Crippen LogP contribution is 2.40. The molecule has 0 aliphatic rings. The lowest BCUT2D eigenvalue weighted by Gasteiger charge is -2.17. The van der Waals surface area contributed by atoms with Crippen LogP contribution in [-0.2, 0) is 0 Å². The predicted octanol–water partition coefficient (Wildman–Crippen LogP) is 4.34. The highest BCUT2D eigenvalue weighted by Gasteiger charge is 2.21. The largest absolute Gasteiger partial charge is 0.496 e. The van der Waals surface area contributed by atoms with Crippen LogP contribution in [0.15, 0.2) is 36.4 Å².